The molecule has 0 spiro atoms. The summed E-state index contributed by atoms with van der Waals surface area (Å²) in [5, 5.41) is 8.56. The molecular formula is C24H31FN6O2. The van der Waals surface area contributed by atoms with Gasteiger partial charge in [-0.15, -0.1) is 0 Å². The molecule has 4 rings (SSSR count). The maximum atomic E-state index is 14.5. The number of hydrogen-bond acceptors (Lipinski definition) is 4. The number of hydrogen-bond donors (Lipinski definition) is 3. The lowest BCUT2D eigenvalue weighted by atomic mass is 9.96. The summed E-state index contributed by atoms with van der Waals surface area (Å²) in [6.45, 7) is 4.18. The first-order valence-electron chi connectivity index (χ1n) is 11.5. The summed E-state index contributed by atoms with van der Waals surface area (Å²) in [6, 6.07) is 5.57. The fourth-order valence-corrected chi connectivity index (χ4v) is 4.50. The Balaban J connectivity index is 1.58. The number of benzene rings is 1. The second-order valence-electron chi connectivity index (χ2n) is 8.88. The van der Waals surface area contributed by atoms with Gasteiger partial charge in [0.15, 0.2) is 0 Å². The summed E-state index contributed by atoms with van der Waals surface area (Å²) < 4.78 is 14.5. The maximum absolute atomic E-state index is 14.5. The van der Waals surface area contributed by atoms with Crippen molar-refractivity contribution in [1.82, 2.24) is 10.3 Å². The molecule has 1 saturated carbocycles. The summed E-state index contributed by atoms with van der Waals surface area (Å²) in [5.41, 5.74) is 2.23. The lowest BCUT2D eigenvalue weighted by molar-refractivity contribution is 0.244. The third-order valence-electron chi connectivity index (χ3n) is 6.21. The average molecular weight is 455 g/mol. The van der Waals surface area contributed by atoms with E-state index in [2.05, 4.69) is 20.9 Å². The highest BCUT2D eigenvalue weighted by atomic mass is 19.1. The van der Waals surface area contributed by atoms with Crippen LogP contribution in [0.3, 0.4) is 0 Å². The fourth-order valence-electron chi connectivity index (χ4n) is 4.50. The van der Waals surface area contributed by atoms with Crippen LogP contribution in [0.4, 0.5) is 36.9 Å². The highest BCUT2D eigenvalue weighted by Crippen LogP contribution is 2.35. The van der Waals surface area contributed by atoms with E-state index in [1.807, 2.05) is 19.9 Å². The van der Waals surface area contributed by atoms with E-state index in [0.29, 0.717) is 18.1 Å². The van der Waals surface area contributed by atoms with E-state index in [4.69, 9.17) is 0 Å². The first kappa shape index (κ1) is 22.8. The Morgan fingerprint density at radius 2 is 1.94 bits per heavy atom. The Morgan fingerprint density at radius 1 is 1.18 bits per heavy atom. The number of nitrogens with zero attached hydrogens (tertiary/aromatic N) is 3. The van der Waals surface area contributed by atoms with Crippen molar-refractivity contribution < 1.29 is 14.0 Å². The summed E-state index contributed by atoms with van der Waals surface area (Å²) >= 11 is 0. The van der Waals surface area contributed by atoms with Crippen molar-refractivity contribution in [3.63, 3.8) is 0 Å². The third kappa shape index (κ3) is 4.86. The van der Waals surface area contributed by atoms with Crippen LogP contribution in [0.1, 0.15) is 51.5 Å². The van der Waals surface area contributed by atoms with E-state index in [1.54, 1.807) is 29.1 Å². The minimum atomic E-state index is -0.552. The van der Waals surface area contributed by atoms with E-state index >= 15 is 0 Å². The Labute approximate surface area is 193 Å². The Morgan fingerprint density at radius 3 is 2.64 bits per heavy atom. The lowest BCUT2D eigenvalue weighted by Crippen LogP contribution is -2.50. The number of carbonyl (C=O) groups is 2. The van der Waals surface area contributed by atoms with Gasteiger partial charge in [-0.05, 0) is 44.9 Å². The molecule has 33 heavy (non-hydrogen) atoms. The quantitative estimate of drug-likeness (QED) is 0.588. The van der Waals surface area contributed by atoms with Gasteiger partial charge in [-0.3, -0.25) is 9.80 Å². The molecule has 9 heteroatoms. The summed E-state index contributed by atoms with van der Waals surface area (Å²) in [5.74, 6) is 0.126. The summed E-state index contributed by atoms with van der Waals surface area (Å²) in [4.78, 5) is 33.5. The Hall–Kier alpha value is -3.36. The number of halogens is 1. The molecule has 1 fully saturated rings. The SMILES string of the molecule is CNc1cc2c(cn1)CN(c1ccc(F)c(NC(=O)NC3CCCCC3)c1)C(=O)N2C(C)C. The van der Waals surface area contributed by atoms with Crippen LogP contribution in [0.15, 0.2) is 30.5 Å². The molecule has 1 aromatic heterocycles. The van der Waals surface area contributed by atoms with Gasteiger partial charge in [-0.25, -0.2) is 19.0 Å². The van der Waals surface area contributed by atoms with Gasteiger partial charge >= 0.3 is 12.1 Å². The predicted molar refractivity (Wildman–Crippen MR) is 128 cm³/mol. The van der Waals surface area contributed by atoms with Crippen molar-refractivity contribution in [1.29, 1.82) is 0 Å². The van der Waals surface area contributed by atoms with Crippen LogP contribution in [0.5, 0.6) is 0 Å². The summed E-state index contributed by atoms with van der Waals surface area (Å²) in [6.07, 6.45) is 6.98. The zero-order valence-corrected chi connectivity index (χ0v) is 19.3. The van der Waals surface area contributed by atoms with Crippen molar-refractivity contribution in [2.45, 2.75) is 64.6 Å². The third-order valence-corrected chi connectivity index (χ3v) is 6.21. The number of anilines is 4. The standard InChI is InChI=1S/C24H31FN6O2/c1-15(2)31-21-12-22(26-3)27-13-16(21)14-30(24(31)33)18-9-10-19(25)20(11-18)29-23(32)28-17-7-5-4-6-8-17/h9-13,15,17H,4-8,14H2,1-3H3,(H,26,27)(H2,28,29,32). The molecule has 0 unspecified atom stereocenters. The van der Waals surface area contributed by atoms with Crippen LogP contribution < -0.4 is 25.8 Å². The smallest absolute Gasteiger partial charge is 0.329 e. The van der Waals surface area contributed by atoms with Gasteiger partial charge in [0.25, 0.3) is 0 Å². The molecule has 2 aromatic rings. The second kappa shape index (κ2) is 9.64. The lowest BCUT2D eigenvalue weighted by Gasteiger charge is -2.39. The number of urea groups is 2. The monoisotopic (exact) mass is 454 g/mol. The molecule has 0 bridgehead atoms. The first-order chi connectivity index (χ1) is 15.9. The Bertz CT molecular complexity index is 1040. The molecule has 1 aromatic carbocycles. The number of amides is 4. The van der Waals surface area contributed by atoms with Gasteiger partial charge in [0.2, 0.25) is 0 Å². The highest BCUT2D eigenvalue weighted by Gasteiger charge is 2.33. The van der Waals surface area contributed by atoms with Crippen LogP contribution in [-0.2, 0) is 6.54 Å². The molecular weight excluding hydrogens is 423 g/mol. The predicted octanol–water partition coefficient (Wildman–Crippen LogP) is 5.07. The molecule has 0 atom stereocenters. The molecule has 0 saturated heterocycles. The maximum Gasteiger partial charge on any atom is 0.329 e. The van der Waals surface area contributed by atoms with Crippen LogP contribution in [-0.4, -0.2) is 36.2 Å². The fraction of sp³-hybridized carbons (Fsp3) is 0.458. The van der Waals surface area contributed by atoms with Gasteiger partial charge in [-0.1, -0.05) is 19.3 Å². The molecule has 3 N–H and O–H groups in total. The van der Waals surface area contributed by atoms with Gasteiger partial charge in [-0.2, -0.15) is 0 Å². The van der Waals surface area contributed by atoms with Crippen LogP contribution >= 0.6 is 0 Å². The van der Waals surface area contributed by atoms with E-state index in [0.717, 1.165) is 36.9 Å². The zero-order chi connectivity index (χ0) is 23.5. The van der Waals surface area contributed by atoms with E-state index in [-0.39, 0.29) is 23.8 Å². The zero-order valence-electron chi connectivity index (χ0n) is 19.3. The number of fused-ring (bicyclic) bond motifs is 1. The van der Waals surface area contributed by atoms with E-state index < -0.39 is 11.8 Å². The molecule has 2 heterocycles. The molecule has 0 radical (unpaired) electrons. The number of aromatic nitrogens is 1. The minimum absolute atomic E-state index is 0.0409. The molecule has 4 amide bonds. The van der Waals surface area contributed by atoms with Crippen molar-refractivity contribution in [2.75, 3.05) is 27.5 Å². The normalized spacial score (nSPS) is 16.6. The van der Waals surface area contributed by atoms with Gasteiger partial charge in [0, 0.05) is 42.6 Å². The first-order valence-corrected chi connectivity index (χ1v) is 11.5. The number of rotatable bonds is 5. The second-order valence-corrected chi connectivity index (χ2v) is 8.88. The summed E-state index contributed by atoms with van der Waals surface area (Å²) in [7, 11) is 1.78. The van der Waals surface area contributed by atoms with E-state index in [1.165, 1.54) is 18.6 Å². The highest BCUT2D eigenvalue weighted by molar-refractivity contribution is 6.07. The number of carbonyl (C=O) groups excluding carboxylic acids is 2. The molecule has 1 aliphatic carbocycles. The minimum Gasteiger partial charge on any atom is -0.373 e. The molecule has 8 nitrogen and oxygen atoms in total. The molecule has 1 aliphatic heterocycles. The van der Waals surface area contributed by atoms with Crippen molar-refractivity contribution >= 4 is 34.9 Å². The van der Waals surface area contributed by atoms with Crippen molar-refractivity contribution in [3.05, 3.63) is 41.8 Å². The average Bonchev–Trinajstić information content (AvgIpc) is 2.80. The molecule has 2 aliphatic rings. The van der Waals surface area contributed by atoms with Gasteiger partial charge < -0.3 is 16.0 Å². The van der Waals surface area contributed by atoms with Crippen LogP contribution in [0.25, 0.3) is 0 Å². The number of pyridine rings is 1. The van der Waals surface area contributed by atoms with Crippen molar-refractivity contribution in [2.24, 2.45) is 0 Å². The van der Waals surface area contributed by atoms with Crippen molar-refractivity contribution in [3.8, 4) is 0 Å². The van der Waals surface area contributed by atoms with Crippen LogP contribution in [0, 0.1) is 5.82 Å². The van der Waals surface area contributed by atoms with Crippen LogP contribution in [0.2, 0.25) is 0 Å². The Kier molecular flexibility index (Phi) is 6.67. The topological polar surface area (TPSA) is 89.6 Å². The van der Waals surface area contributed by atoms with Gasteiger partial charge in [0.05, 0.1) is 17.9 Å². The molecule has 176 valence electrons. The van der Waals surface area contributed by atoms with E-state index in [9.17, 15) is 14.0 Å². The number of nitrogens with one attached hydrogen (secondary N) is 3. The van der Waals surface area contributed by atoms with Gasteiger partial charge in [0.1, 0.15) is 11.6 Å². The largest absolute Gasteiger partial charge is 0.373 e.